The molecule has 1 aromatic heterocycles. The summed E-state index contributed by atoms with van der Waals surface area (Å²) < 4.78 is 6.28. The number of carbonyl (C=O) groups is 1. The smallest absolute Gasteiger partial charge is 0.309 e. The highest BCUT2D eigenvalue weighted by atomic mass is 16.5. The van der Waals surface area contributed by atoms with Crippen LogP contribution in [0.25, 0.3) is 17.1 Å². The van der Waals surface area contributed by atoms with Crippen LogP contribution in [0.1, 0.15) is 5.56 Å². The first kappa shape index (κ1) is 14.8. The van der Waals surface area contributed by atoms with Gasteiger partial charge in [0.25, 0.3) is 0 Å². The van der Waals surface area contributed by atoms with Crippen molar-refractivity contribution in [2.75, 3.05) is 7.11 Å². The van der Waals surface area contributed by atoms with Crippen LogP contribution in [0.5, 0.6) is 5.75 Å². The van der Waals surface area contributed by atoms with Crippen molar-refractivity contribution >= 4 is 5.97 Å². The van der Waals surface area contributed by atoms with Crippen LogP contribution in [0.2, 0.25) is 0 Å². The topological polar surface area (TPSA) is 77.2 Å². The number of aromatic hydroxyl groups is 1. The first-order valence-corrected chi connectivity index (χ1v) is 7.03. The summed E-state index contributed by atoms with van der Waals surface area (Å²) in [5.41, 5.74) is 2.54. The van der Waals surface area contributed by atoms with E-state index in [0.717, 1.165) is 16.8 Å². The van der Waals surface area contributed by atoms with Gasteiger partial charge in [0.15, 0.2) is 5.82 Å². The monoisotopic (exact) mass is 309 g/mol. The zero-order valence-electron chi connectivity index (χ0n) is 12.5. The molecule has 116 valence electrons. The van der Waals surface area contributed by atoms with Crippen LogP contribution in [0.4, 0.5) is 0 Å². The second kappa shape index (κ2) is 6.31. The van der Waals surface area contributed by atoms with Crippen molar-refractivity contribution in [1.82, 2.24) is 14.8 Å². The normalized spacial score (nSPS) is 10.5. The molecule has 1 N–H and O–H groups in total. The second-order valence-corrected chi connectivity index (χ2v) is 4.98. The molecule has 2 aromatic carbocycles. The van der Waals surface area contributed by atoms with Gasteiger partial charge in [0.2, 0.25) is 0 Å². The maximum absolute atomic E-state index is 11.3. The van der Waals surface area contributed by atoms with Gasteiger partial charge >= 0.3 is 5.97 Å². The second-order valence-electron chi connectivity index (χ2n) is 4.98. The summed E-state index contributed by atoms with van der Waals surface area (Å²) in [6.45, 7) is 0. The molecule has 0 aliphatic carbocycles. The minimum atomic E-state index is -0.271. The van der Waals surface area contributed by atoms with Crippen LogP contribution in [-0.2, 0) is 16.0 Å². The van der Waals surface area contributed by atoms with Gasteiger partial charge in [0.05, 0.1) is 19.2 Å². The van der Waals surface area contributed by atoms with Crippen LogP contribution in [0, 0.1) is 0 Å². The fourth-order valence-corrected chi connectivity index (χ4v) is 2.14. The van der Waals surface area contributed by atoms with Gasteiger partial charge in [-0.2, -0.15) is 0 Å². The van der Waals surface area contributed by atoms with E-state index in [2.05, 4.69) is 14.8 Å². The minimum absolute atomic E-state index is 0.204. The number of esters is 1. The molecule has 0 spiro atoms. The number of phenols is 1. The Morgan fingerprint density at radius 1 is 1.13 bits per heavy atom. The summed E-state index contributed by atoms with van der Waals surface area (Å²) in [4.78, 5) is 15.5. The van der Waals surface area contributed by atoms with Crippen molar-refractivity contribution in [3.05, 3.63) is 60.4 Å². The molecule has 0 fully saturated rings. The van der Waals surface area contributed by atoms with E-state index in [-0.39, 0.29) is 18.1 Å². The standard InChI is InChI=1S/C17H15N3O3/c1-23-16(22)10-12-2-4-13(5-3-12)17-18-11-20(19-17)14-6-8-15(21)9-7-14/h2-9,11,21H,10H2,1H3. The van der Waals surface area contributed by atoms with Crippen LogP contribution in [0.15, 0.2) is 54.9 Å². The van der Waals surface area contributed by atoms with Crippen LogP contribution < -0.4 is 0 Å². The lowest BCUT2D eigenvalue weighted by atomic mass is 10.1. The number of hydrogen-bond acceptors (Lipinski definition) is 5. The number of phenolic OH excluding ortho intramolecular Hbond substituents is 1. The largest absolute Gasteiger partial charge is 0.508 e. The van der Waals surface area contributed by atoms with E-state index in [1.54, 1.807) is 35.3 Å². The third-order valence-electron chi connectivity index (χ3n) is 3.39. The number of rotatable bonds is 4. The van der Waals surface area contributed by atoms with E-state index >= 15 is 0 Å². The summed E-state index contributed by atoms with van der Waals surface area (Å²) in [7, 11) is 1.37. The summed E-state index contributed by atoms with van der Waals surface area (Å²) in [6, 6.07) is 14.2. The molecule has 0 unspecified atom stereocenters. The first-order valence-electron chi connectivity index (χ1n) is 7.03. The molecule has 1 heterocycles. The predicted octanol–water partition coefficient (Wildman–Crippen LogP) is 2.36. The Labute approximate surface area is 133 Å². The summed E-state index contributed by atoms with van der Waals surface area (Å²) in [5, 5.41) is 13.7. The predicted molar refractivity (Wildman–Crippen MR) is 84.2 cm³/mol. The van der Waals surface area contributed by atoms with E-state index in [1.807, 2.05) is 24.3 Å². The number of methoxy groups -OCH3 is 1. The fourth-order valence-electron chi connectivity index (χ4n) is 2.14. The molecule has 0 bridgehead atoms. The molecule has 0 aliphatic heterocycles. The van der Waals surface area contributed by atoms with Crippen molar-refractivity contribution in [1.29, 1.82) is 0 Å². The molecule has 6 nitrogen and oxygen atoms in total. The molecule has 3 rings (SSSR count). The highest BCUT2D eigenvalue weighted by molar-refractivity contribution is 5.72. The number of carbonyl (C=O) groups excluding carboxylic acids is 1. The average Bonchev–Trinajstić information content (AvgIpc) is 3.06. The Hall–Kier alpha value is -3.15. The Morgan fingerprint density at radius 3 is 2.48 bits per heavy atom. The Bertz CT molecular complexity index is 808. The Balaban J connectivity index is 1.80. The van der Waals surface area contributed by atoms with Crippen LogP contribution >= 0.6 is 0 Å². The third kappa shape index (κ3) is 3.37. The Kier molecular flexibility index (Phi) is 4.05. The van der Waals surface area contributed by atoms with Crippen molar-refractivity contribution < 1.29 is 14.6 Å². The van der Waals surface area contributed by atoms with Gasteiger partial charge < -0.3 is 9.84 Å². The van der Waals surface area contributed by atoms with Crippen molar-refractivity contribution in [2.45, 2.75) is 6.42 Å². The van der Waals surface area contributed by atoms with E-state index in [0.29, 0.717) is 5.82 Å². The Morgan fingerprint density at radius 2 is 1.83 bits per heavy atom. The molecule has 3 aromatic rings. The van der Waals surface area contributed by atoms with Crippen molar-refractivity contribution in [2.24, 2.45) is 0 Å². The summed E-state index contributed by atoms with van der Waals surface area (Å²) in [5.74, 6) is 0.519. The van der Waals surface area contributed by atoms with E-state index in [1.165, 1.54) is 7.11 Å². The first-order chi connectivity index (χ1) is 11.2. The van der Waals surface area contributed by atoms with Crippen molar-refractivity contribution in [3.8, 4) is 22.8 Å². The molecule has 0 radical (unpaired) electrons. The number of benzene rings is 2. The van der Waals surface area contributed by atoms with Gasteiger partial charge in [-0.05, 0) is 29.8 Å². The molecule has 0 amide bonds. The van der Waals surface area contributed by atoms with Gasteiger partial charge in [-0.3, -0.25) is 4.79 Å². The quantitative estimate of drug-likeness (QED) is 0.749. The molecule has 0 aliphatic rings. The molecular weight excluding hydrogens is 294 g/mol. The summed E-state index contributed by atoms with van der Waals surface area (Å²) in [6.07, 6.45) is 1.86. The number of nitrogens with zero attached hydrogens (tertiary/aromatic N) is 3. The van der Waals surface area contributed by atoms with Gasteiger partial charge in [-0.15, -0.1) is 5.10 Å². The summed E-state index contributed by atoms with van der Waals surface area (Å²) >= 11 is 0. The third-order valence-corrected chi connectivity index (χ3v) is 3.39. The van der Waals surface area contributed by atoms with Crippen LogP contribution in [-0.4, -0.2) is 33.0 Å². The molecule has 0 atom stereocenters. The number of aromatic nitrogens is 3. The van der Waals surface area contributed by atoms with Crippen molar-refractivity contribution in [3.63, 3.8) is 0 Å². The van der Waals surface area contributed by atoms with Gasteiger partial charge in [-0.1, -0.05) is 24.3 Å². The SMILES string of the molecule is COC(=O)Cc1ccc(-c2ncn(-c3ccc(O)cc3)n2)cc1. The molecular formula is C17H15N3O3. The fraction of sp³-hybridized carbons (Fsp3) is 0.118. The number of hydrogen-bond donors (Lipinski definition) is 1. The lowest BCUT2D eigenvalue weighted by Crippen LogP contribution is -2.04. The molecule has 0 saturated carbocycles. The maximum Gasteiger partial charge on any atom is 0.309 e. The minimum Gasteiger partial charge on any atom is -0.508 e. The molecule has 6 heteroatoms. The average molecular weight is 309 g/mol. The molecule has 23 heavy (non-hydrogen) atoms. The van der Waals surface area contributed by atoms with Gasteiger partial charge in [0, 0.05) is 5.56 Å². The maximum atomic E-state index is 11.3. The van der Waals surface area contributed by atoms with Gasteiger partial charge in [0.1, 0.15) is 12.1 Å². The zero-order chi connectivity index (χ0) is 16.2. The highest BCUT2D eigenvalue weighted by Gasteiger charge is 2.07. The lowest BCUT2D eigenvalue weighted by Gasteiger charge is -2.02. The van der Waals surface area contributed by atoms with E-state index < -0.39 is 0 Å². The number of ether oxygens (including phenoxy) is 1. The van der Waals surface area contributed by atoms with E-state index in [9.17, 15) is 9.90 Å². The van der Waals surface area contributed by atoms with Gasteiger partial charge in [-0.25, -0.2) is 9.67 Å². The highest BCUT2D eigenvalue weighted by Crippen LogP contribution is 2.18. The molecule has 0 saturated heterocycles. The zero-order valence-corrected chi connectivity index (χ0v) is 12.5. The lowest BCUT2D eigenvalue weighted by molar-refractivity contribution is -0.139. The van der Waals surface area contributed by atoms with Crippen LogP contribution in [0.3, 0.4) is 0 Å². The van der Waals surface area contributed by atoms with E-state index in [4.69, 9.17) is 0 Å².